The molecule has 4 N–H and O–H groups in total. The van der Waals surface area contributed by atoms with Crippen LogP contribution in [0.4, 0.5) is 24.5 Å². The fourth-order valence-electron chi connectivity index (χ4n) is 3.24. The molecule has 1 aliphatic heterocycles. The van der Waals surface area contributed by atoms with E-state index in [1.54, 1.807) is 11.5 Å². The summed E-state index contributed by atoms with van der Waals surface area (Å²) in [5.41, 5.74) is -0.659. The Hall–Kier alpha value is -2.94. The van der Waals surface area contributed by atoms with Gasteiger partial charge in [0.25, 0.3) is 5.91 Å². The highest BCUT2D eigenvalue weighted by molar-refractivity contribution is 14.1. The number of nitro groups is 1. The molecule has 0 aliphatic carbocycles. The molecule has 170 valence electrons. The van der Waals surface area contributed by atoms with Crippen molar-refractivity contribution in [2.45, 2.75) is 18.4 Å². The van der Waals surface area contributed by atoms with E-state index >= 15 is 0 Å². The van der Waals surface area contributed by atoms with Gasteiger partial charge in [-0.25, -0.2) is 23.3 Å². The Morgan fingerprint density at radius 2 is 1.94 bits per heavy atom. The third kappa shape index (κ3) is 5.27. The molecule has 1 aliphatic rings. The molecule has 2 aromatic carbocycles. The number of amidine groups is 1. The van der Waals surface area contributed by atoms with E-state index in [4.69, 9.17) is 5.41 Å². The van der Waals surface area contributed by atoms with Crippen molar-refractivity contribution in [1.82, 2.24) is 10.3 Å². The van der Waals surface area contributed by atoms with Gasteiger partial charge in [-0.3, -0.25) is 10.2 Å². The van der Waals surface area contributed by atoms with Gasteiger partial charge >= 0.3 is 0 Å². The summed E-state index contributed by atoms with van der Waals surface area (Å²) in [7, 11) is 0. The second-order valence-corrected chi connectivity index (χ2v) is 8.51. The van der Waals surface area contributed by atoms with Gasteiger partial charge in [0.05, 0.1) is 30.0 Å². The highest BCUT2D eigenvalue weighted by Gasteiger charge is 2.44. The van der Waals surface area contributed by atoms with E-state index in [1.807, 2.05) is 22.6 Å². The standard InChI is InChI=1S/C19H17F3IN5O4/c20-12-3-2-11(17(16(12)22)25-14-4-1-10(23)7-13(14)21)18(29)27-8-19(30,9-27)6-5-15(24)26-28(31)32/h1-4,7,25,30H,5-6,8-9H2,(H2,24,26). The van der Waals surface area contributed by atoms with E-state index in [2.05, 4.69) is 5.32 Å². The third-order valence-electron chi connectivity index (χ3n) is 4.84. The van der Waals surface area contributed by atoms with E-state index < -0.39 is 45.5 Å². The summed E-state index contributed by atoms with van der Waals surface area (Å²) in [4.78, 5) is 24.4. The van der Waals surface area contributed by atoms with Crippen molar-refractivity contribution in [3.05, 3.63) is 67.0 Å². The number of carbonyl (C=O) groups is 1. The van der Waals surface area contributed by atoms with Crippen molar-refractivity contribution in [1.29, 1.82) is 5.41 Å². The number of carbonyl (C=O) groups excluding carboxylic acids is 1. The minimum atomic E-state index is -1.38. The Kier molecular flexibility index (Phi) is 6.88. The Morgan fingerprint density at radius 3 is 2.56 bits per heavy atom. The highest BCUT2D eigenvalue weighted by atomic mass is 127. The summed E-state index contributed by atoms with van der Waals surface area (Å²) in [6, 6.07) is 5.89. The molecule has 32 heavy (non-hydrogen) atoms. The number of amides is 1. The Bertz CT molecular complexity index is 1090. The monoisotopic (exact) mass is 563 g/mol. The Balaban J connectivity index is 1.74. The average Bonchev–Trinajstić information content (AvgIpc) is 2.68. The van der Waals surface area contributed by atoms with Crippen molar-refractivity contribution < 1.29 is 28.1 Å². The van der Waals surface area contributed by atoms with E-state index in [9.17, 15) is 33.2 Å². The van der Waals surface area contributed by atoms with Crippen molar-refractivity contribution in [3.63, 3.8) is 0 Å². The third-order valence-corrected chi connectivity index (χ3v) is 5.51. The summed E-state index contributed by atoms with van der Waals surface area (Å²) in [5, 5.41) is 29.7. The van der Waals surface area contributed by atoms with Gasteiger partial charge in [0.2, 0.25) is 0 Å². The number of benzene rings is 2. The van der Waals surface area contributed by atoms with Crippen LogP contribution in [0.2, 0.25) is 0 Å². The number of aliphatic hydroxyl groups is 1. The second kappa shape index (κ2) is 9.28. The lowest BCUT2D eigenvalue weighted by Crippen LogP contribution is -2.63. The van der Waals surface area contributed by atoms with Crippen molar-refractivity contribution in [2.24, 2.45) is 0 Å². The largest absolute Gasteiger partial charge is 0.386 e. The molecule has 0 atom stereocenters. The molecule has 9 nitrogen and oxygen atoms in total. The first-order valence-electron chi connectivity index (χ1n) is 9.19. The zero-order valence-electron chi connectivity index (χ0n) is 16.3. The molecule has 0 saturated carbocycles. The van der Waals surface area contributed by atoms with Gasteiger partial charge in [-0.05, 0) is 59.3 Å². The predicted molar refractivity (Wildman–Crippen MR) is 117 cm³/mol. The fourth-order valence-corrected chi connectivity index (χ4v) is 3.69. The van der Waals surface area contributed by atoms with Crippen LogP contribution in [0.3, 0.4) is 0 Å². The van der Waals surface area contributed by atoms with Crippen LogP contribution in [-0.4, -0.2) is 45.5 Å². The zero-order valence-corrected chi connectivity index (χ0v) is 18.5. The fraction of sp³-hybridized carbons (Fsp3) is 0.263. The molecule has 0 unspecified atom stereocenters. The van der Waals surface area contributed by atoms with Gasteiger partial charge in [0.1, 0.15) is 11.4 Å². The Morgan fingerprint density at radius 1 is 1.25 bits per heavy atom. The van der Waals surface area contributed by atoms with Crippen molar-refractivity contribution >= 4 is 45.7 Å². The Labute approximate surface area is 193 Å². The van der Waals surface area contributed by atoms with E-state index in [1.165, 1.54) is 17.0 Å². The summed E-state index contributed by atoms with van der Waals surface area (Å²) in [6.07, 6.45) is -0.142. The number of hydrogen-bond donors (Lipinski definition) is 4. The van der Waals surface area contributed by atoms with E-state index in [0.29, 0.717) is 3.57 Å². The molecule has 0 bridgehead atoms. The molecule has 0 spiro atoms. The minimum Gasteiger partial charge on any atom is -0.386 e. The molecule has 1 heterocycles. The first kappa shape index (κ1) is 23.7. The van der Waals surface area contributed by atoms with Crippen molar-refractivity contribution in [2.75, 3.05) is 18.4 Å². The number of halogens is 4. The lowest BCUT2D eigenvalue weighted by atomic mass is 9.88. The number of hydrogen-bond acceptors (Lipinski definition) is 6. The van der Waals surface area contributed by atoms with Crippen LogP contribution in [0.25, 0.3) is 0 Å². The maximum absolute atomic E-state index is 14.5. The summed E-state index contributed by atoms with van der Waals surface area (Å²) in [5.74, 6) is -4.43. The molecule has 0 aromatic heterocycles. The zero-order chi connectivity index (χ0) is 23.6. The van der Waals surface area contributed by atoms with Crippen LogP contribution in [0.15, 0.2) is 30.3 Å². The molecule has 1 saturated heterocycles. The second-order valence-electron chi connectivity index (χ2n) is 7.27. The average molecular weight is 563 g/mol. The lowest BCUT2D eigenvalue weighted by Gasteiger charge is -2.46. The van der Waals surface area contributed by atoms with Crippen LogP contribution >= 0.6 is 22.6 Å². The molecule has 0 radical (unpaired) electrons. The van der Waals surface area contributed by atoms with Gasteiger partial charge in [0.15, 0.2) is 22.5 Å². The number of rotatable bonds is 7. The molecule has 13 heteroatoms. The summed E-state index contributed by atoms with van der Waals surface area (Å²) in [6.45, 7) is -0.345. The predicted octanol–water partition coefficient (Wildman–Crippen LogP) is 3.18. The number of hydrazine groups is 1. The maximum atomic E-state index is 14.5. The molecular formula is C19H17F3IN5O4. The van der Waals surface area contributed by atoms with E-state index in [-0.39, 0.29) is 37.2 Å². The quantitative estimate of drug-likeness (QED) is 0.135. The molecule has 1 amide bonds. The number of anilines is 2. The highest BCUT2D eigenvalue weighted by Crippen LogP contribution is 2.33. The van der Waals surface area contributed by atoms with Crippen LogP contribution in [0, 0.1) is 36.5 Å². The number of nitrogens with one attached hydrogen (secondary N) is 3. The van der Waals surface area contributed by atoms with E-state index in [0.717, 1.165) is 12.1 Å². The molecule has 1 fully saturated rings. The normalized spacial score (nSPS) is 14.5. The topological polar surface area (TPSA) is 132 Å². The SMILES string of the molecule is N=C(CCC1(O)CN(C(=O)c2ccc(F)c(F)c2Nc2ccc(I)cc2F)C1)N[N+](=O)[O-]. The van der Waals surface area contributed by atoms with Crippen LogP contribution in [0.1, 0.15) is 23.2 Å². The van der Waals surface area contributed by atoms with Gasteiger partial charge in [0, 0.05) is 9.99 Å². The number of β-amino-alcohol motifs (C(OH)–C–C–N with tert-alkyl or cyclic N) is 1. The van der Waals surface area contributed by atoms with Crippen molar-refractivity contribution in [3.8, 4) is 0 Å². The van der Waals surface area contributed by atoms with Gasteiger partial charge in [-0.2, -0.15) is 0 Å². The smallest absolute Gasteiger partial charge is 0.256 e. The lowest BCUT2D eigenvalue weighted by molar-refractivity contribution is -0.525. The molecule has 2 aromatic rings. The van der Waals surface area contributed by atoms with Crippen LogP contribution in [0.5, 0.6) is 0 Å². The number of likely N-dealkylation sites (tertiary alicyclic amines) is 1. The minimum absolute atomic E-state index is 0.0206. The first-order valence-corrected chi connectivity index (χ1v) is 10.3. The summed E-state index contributed by atoms with van der Waals surface area (Å²) < 4.78 is 43.1. The molecule has 3 rings (SSSR count). The van der Waals surface area contributed by atoms with Crippen LogP contribution < -0.4 is 10.7 Å². The number of nitrogens with zero attached hydrogens (tertiary/aromatic N) is 2. The molecular weight excluding hydrogens is 546 g/mol. The van der Waals surface area contributed by atoms with Gasteiger partial charge in [-0.1, -0.05) is 5.43 Å². The summed E-state index contributed by atoms with van der Waals surface area (Å²) >= 11 is 1.89. The first-order chi connectivity index (χ1) is 15.0. The van der Waals surface area contributed by atoms with Gasteiger partial charge in [-0.15, -0.1) is 0 Å². The maximum Gasteiger partial charge on any atom is 0.256 e. The van der Waals surface area contributed by atoms with Gasteiger partial charge < -0.3 is 15.3 Å². The van der Waals surface area contributed by atoms with Crippen LogP contribution in [-0.2, 0) is 0 Å².